The van der Waals surface area contributed by atoms with Crippen LogP contribution in [-0.2, 0) is 10.2 Å². The second kappa shape index (κ2) is 5.82. The first-order valence-corrected chi connectivity index (χ1v) is 7.80. The number of carbonyl (C=O) groups excluding carboxylic acids is 1. The van der Waals surface area contributed by atoms with Crippen molar-refractivity contribution in [2.45, 2.75) is 4.90 Å². The second-order valence-corrected chi connectivity index (χ2v) is 6.28. The monoisotopic (exact) mass is 373 g/mol. The summed E-state index contributed by atoms with van der Waals surface area (Å²) in [5.74, 6) is -1.04. The molecular formula is C13H9BrFNO4S. The number of phenolic OH excluding ortho intramolecular Hbond substituents is 1. The fraction of sp³-hybridized carbons (Fsp3) is 0. The van der Waals surface area contributed by atoms with Crippen molar-refractivity contribution < 1.29 is 22.2 Å². The first-order chi connectivity index (χ1) is 9.79. The van der Waals surface area contributed by atoms with Crippen LogP contribution in [0.2, 0.25) is 0 Å². The minimum absolute atomic E-state index is 0.0655. The maximum atomic E-state index is 13.1. The van der Waals surface area contributed by atoms with Gasteiger partial charge in [-0.1, -0.05) is 28.1 Å². The van der Waals surface area contributed by atoms with Gasteiger partial charge in [0, 0.05) is 4.47 Å². The molecule has 8 heteroatoms. The van der Waals surface area contributed by atoms with Gasteiger partial charge in [0.05, 0.1) is 11.3 Å². The maximum Gasteiger partial charge on any atom is 0.334 e. The predicted molar refractivity (Wildman–Crippen MR) is 78.5 cm³/mol. The zero-order valence-corrected chi connectivity index (χ0v) is 12.8. The molecule has 0 aliphatic heterocycles. The third-order valence-corrected chi connectivity index (χ3v) is 3.98. The van der Waals surface area contributed by atoms with Crippen LogP contribution in [0.15, 0.2) is 51.8 Å². The van der Waals surface area contributed by atoms with Crippen LogP contribution in [0.4, 0.5) is 9.57 Å². The van der Waals surface area contributed by atoms with Gasteiger partial charge < -0.3 is 10.4 Å². The van der Waals surface area contributed by atoms with Crippen molar-refractivity contribution in [3.63, 3.8) is 0 Å². The summed E-state index contributed by atoms with van der Waals surface area (Å²) >= 11 is 3.13. The Morgan fingerprint density at radius 3 is 2.48 bits per heavy atom. The van der Waals surface area contributed by atoms with Crippen molar-refractivity contribution in [1.82, 2.24) is 0 Å². The topological polar surface area (TPSA) is 83.5 Å². The predicted octanol–water partition coefficient (Wildman–Crippen LogP) is 3.07. The average molecular weight is 374 g/mol. The van der Waals surface area contributed by atoms with E-state index in [1.54, 1.807) is 0 Å². The van der Waals surface area contributed by atoms with E-state index in [1.165, 1.54) is 36.4 Å². The summed E-state index contributed by atoms with van der Waals surface area (Å²) in [6, 6.07) is 9.26. The second-order valence-electron chi connectivity index (χ2n) is 4.05. The molecule has 21 heavy (non-hydrogen) atoms. The van der Waals surface area contributed by atoms with Crippen molar-refractivity contribution >= 4 is 37.7 Å². The van der Waals surface area contributed by atoms with Crippen LogP contribution < -0.4 is 5.32 Å². The molecule has 0 aliphatic carbocycles. The molecule has 2 N–H and O–H groups in total. The highest BCUT2D eigenvalue weighted by atomic mass is 79.9. The SMILES string of the molecule is O=C(Nc1ccccc1S(=O)(=O)F)c1ccc(Br)cc1O. The van der Waals surface area contributed by atoms with E-state index in [0.29, 0.717) is 4.47 Å². The normalized spacial score (nSPS) is 11.1. The molecule has 2 aromatic carbocycles. The first-order valence-electron chi connectivity index (χ1n) is 5.62. The van der Waals surface area contributed by atoms with E-state index >= 15 is 0 Å². The molecule has 0 fully saturated rings. The number of hydrogen-bond donors (Lipinski definition) is 2. The lowest BCUT2D eigenvalue weighted by Gasteiger charge is -2.09. The Morgan fingerprint density at radius 1 is 1.19 bits per heavy atom. The zero-order valence-electron chi connectivity index (χ0n) is 10.4. The van der Waals surface area contributed by atoms with E-state index in [-0.39, 0.29) is 17.0 Å². The number of phenols is 1. The van der Waals surface area contributed by atoms with Crippen LogP contribution in [0.1, 0.15) is 10.4 Å². The lowest BCUT2D eigenvalue weighted by Crippen LogP contribution is -2.14. The van der Waals surface area contributed by atoms with E-state index in [2.05, 4.69) is 21.2 Å². The summed E-state index contributed by atoms with van der Waals surface area (Å²) in [7, 11) is -4.96. The van der Waals surface area contributed by atoms with Crippen molar-refractivity contribution in [1.29, 1.82) is 0 Å². The maximum absolute atomic E-state index is 13.1. The lowest BCUT2D eigenvalue weighted by molar-refractivity contribution is 0.102. The molecule has 0 atom stereocenters. The molecule has 0 bridgehead atoms. The van der Waals surface area contributed by atoms with Gasteiger partial charge in [-0.25, -0.2) is 0 Å². The van der Waals surface area contributed by atoms with Crippen molar-refractivity contribution in [3.05, 3.63) is 52.5 Å². The number of amides is 1. The highest BCUT2D eigenvalue weighted by molar-refractivity contribution is 9.10. The van der Waals surface area contributed by atoms with E-state index in [1.807, 2.05) is 0 Å². The highest BCUT2D eigenvalue weighted by Gasteiger charge is 2.19. The number of anilines is 1. The minimum atomic E-state index is -4.96. The van der Waals surface area contributed by atoms with Gasteiger partial charge in [-0.3, -0.25) is 4.79 Å². The van der Waals surface area contributed by atoms with Gasteiger partial charge in [-0.05, 0) is 30.3 Å². The fourth-order valence-electron chi connectivity index (χ4n) is 1.67. The number of rotatable bonds is 3. The van der Waals surface area contributed by atoms with E-state index in [9.17, 15) is 22.2 Å². The first kappa shape index (κ1) is 15.5. The molecular weight excluding hydrogens is 365 g/mol. The third-order valence-electron chi connectivity index (χ3n) is 2.60. The average Bonchev–Trinajstić information content (AvgIpc) is 2.37. The molecule has 0 unspecified atom stereocenters. The van der Waals surface area contributed by atoms with E-state index < -0.39 is 21.0 Å². The Balaban J connectivity index is 2.37. The molecule has 0 radical (unpaired) electrons. The molecule has 0 aromatic heterocycles. The van der Waals surface area contributed by atoms with Crippen LogP contribution >= 0.6 is 15.9 Å². The van der Waals surface area contributed by atoms with Gasteiger partial charge in [0.15, 0.2) is 0 Å². The van der Waals surface area contributed by atoms with Crippen LogP contribution in [0.25, 0.3) is 0 Å². The van der Waals surface area contributed by atoms with Gasteiger partial charge >= 0.3 is 10.2 Å². The molecule has 2 aromatic rings. The zero-order chi connectivity index (χ0) is 15.6. The Morgan fingerprint density at radius 2 is 1.86 bits per heavy atom. The minimum Gasteiger partial charge on any atom is -0.507 e. The summed E-state index contributed by atoms with van der Waals surface area (Å²) in [6.45, 7) is 0. The van der Waals surface area contributed by atoms with Crippen LogP contribution in [0, 0.1) is 0 Å². The lowest BCUT2D eigenvalue weighted by atomic mass is 10.2. The van der Waals surface area contributed by atoms with Crippen LogP contribution in [-0.4, -0.2) is 19.4 Å². The van der Waals surface area contributed by atoms with Crippen molar-refractivity contribution in [2.75, 3.05) is 5.32 Å². The van der Waals surface area contributed by atoms with Crippen molar-refractivity contribution in [3.8, 4) is 5.75 Å². The molecule has 0 saturated heterocycles. The quantitative estimate of drug-likeness (QED) is 0.809. The fourth-order valence-corrected chi connectivity index (χ4v) is 2.64. The van der Waals surface area contributed by atoms with E-state index in [4.69, 9.17) is 0 Å². The number of hydrogen-bond acceptors (Lipinski definition) is 4. The summed E-state index contributed by atoms with van der Waals surface area (Å²) in [4.78, 5) is 11.4. The number of nitrogens with one attached hydrogen (secondary N) is 1. The summed E-state index contributed by atoms with van der Waals surface area (Å²) in [6.07, 6.45) is 0. The van der Waals surface area contributed by atoms with Crippen molar-refractivity contribution in [2.24, 2.45) is 0 Å². The number of para-hydroxylation sites is 1. The highest BCUT2D eigenvalue weighted by Crippen LogP contribution is 2.26. The smallest absolute Gasteiger partial charge is 0.334 e. The molecule has 110 valence electrons. The molecule has 5 nitrogen and oxygen atoms in total. The Labute approximate surface area is 128 Å². The Kier molecular flexibility index (Phi) is 4.29. The van der Waals surface area contributed by atoms with E-state index in [0.717, 1.165) is 6.07 Å². The van der Waals surface area contributed by atoms with Gasteiger partial charge in [0.2, 0.25) is 0 Å². The number of aromatic hydroxyl groups is 1. The van der Waals surface area contributed by atoms with Gasteiger partial charge in [0.25, 0.3) is 5.91 Å². The number of carbonyl (C=O) groups is 1. The number of halogens is 2. The van der Waals surface area contributed by atoms with Gasteiger partial charge in [-0.15, -0.1) is 3.89 Å². The van der Waals surface area contributed by atoms with Gasteiger partial charge in [-0.2, -0.15) is 8.42 Å². The standard InChI is InChI=1S/C13H9BrFNO4S/c14-8-5-6-9(11(17)7-8)13(18)16-10-3-1-2-4-12(10)21(15,19)20/h1-7,17H,(H,16,18). The molecule has 0 aliphatic rings. The summed E-state index contributed by atoms with van der Waals surface area (Å²) in [5.41, 5.74) is -0.267. The number of benzene rings is 2. The van der Waals surface area contributed by atoms with Crippen LogP contribution in [0.3, 0.4) is 0 Å². The van der Waals surface area contributed by atoms with Crippen LogP contribution in [0.5, 0.6) is 5.75 Å². The molecule has 2 rings (SSSR count). The largest absolute Gasteiger partial charge is 0.507 e. The molecule has 0 heterocycles. The summed E-state index contributed by atoms with van der Waals surface area (Å²) in [5, 5.41) is 11.9. The molecule has 1 amide bonds. The third kappa shape index (κ3) is 3.59. The molecule has 0 saturated carbocycles. The Hall–Kier alpha value is -1.93. The summed E-state index contributed by atoms with van der Waals surface area (Å²) < 4.78 is 35.7. The van der Waals surface area contributed by atoms with Gasteiger partial charge in [0.1, 0.15) is 10.6 Å². The molecule has 0 spiro atoms. The Bertz CT molecular complexity index is 808.